The van der Waals surface area contributed by atoms with Crippen LogP contribution in [0.25, 0.3) is 0 Å². The first-order chi connectivity index (χ1) is 17.3. The monoisotopic (exact) mass is 499 g/mol. The molecule has 3 nitrogen and oxygen atoms in total. The molecule has 0 saturated heterocycles. The zero-order valence-electron chi connectivity index (χ0n) is 21.0. The summed E-state index contributed by atoms with van der Waals surface area (Å²) in [5, 5.41) is 11.9. The molecule has 194 valence electrons. The Kier molecular flexibility index (Phi) is 6.19. The Balaban J connectivity index is 1.54. The largest absolute Gasteiger partial charge is 0.416 e. The van der Waals surface area contributed by atoms with Crippen LogP contribution >= 0.6 is 0 Å². The number of aromatic nitrogens is 1. The van der Waals surface area contributed by atoms with Crippen LogP contribution in [0.5, 0.6) is 0 Å². The molecule has 6 rings (SSSR count). The van der Waals surface area contributed by atoms with E-state index in [1.54, 1.807) is 7.11 Å². The average Bonchev–Trinajstić information content (AvgIpc) is 3.28. The maximum Gasteiger partial charge on any atom is 0.416 e. The van der Waals surface area contributed by atoms with Crippen LogP contribution in [0, 0.1) is 5.41 Å². The molecule has 1 spiro atoms. The molecular weight excluding hydrogens is 463 g/mol. The van der Waals surface area contributed by atoms with E-state index in [4.69, 9.17) is 9.72 Å². The van der Waals surface area contributed by atoms with Crippen LogP contribution < -0.4 is 0 Å². The second-order valence-corrected chi connectivity index (χ2v) is 11.8. The number of nitrogens with zero attached hydrogens (tertiary/aromatic N) is 1. The molecule has 0 aliphatic heterocycles. The number of alkyl halides is 3. The van der Waals surface area contributed by atoms with Gasteiger partial charge in [0, 0.05) is 29.8 Å². The molecule has 4 aliphatic rings. The van der Waals surface area contributed by atoms with E-state index in [9.17, 15) is 18.3 Å². The molecule has 4 aliphatic carbocycles. The summed E-state index contributed by atoms with van der Waals surface area (Å²) in [7, 11) is 1.78. The van der Waals surface area contributed by atoms with Gasteiger partial charge in [-0.3, -0.25) is 4.98 Å². The molecule has 6 heteroatoms. The number of pyridine rings is 1. The van der Waals surface area contributed by atoms with Crippen LogP contribution in [0.4, 0.5) is 13.2 Å². The van der Waals surface area contributed by atoms with E-state index in [1.807, 2.05) is 0 Å². The van der Waals surface area contributed by atoms with Crippen LogP contribution in [-0.4, -0.2) is 17.2 Å². The Morgan fingerprint density at radius 3 is 2.11 bits per heavy atom. The maximum atomic E-state index is 13.2. The minimum atomic E-state index is -4.40. The molecule has 0 radical (unpaired) electrons. The van der Waals surface area contributed by atoms with Crippen molar-refractivity contribution in [3.8, 4) is 0 Å². The number of benzene rings is 1. The number of hydrogen-bond acceptors (Lipinski definition) is 3. The van der Waals surface area contributed by atoms with E-state index in [0.717, 1.165) is 93.3 Å². The summed E-state index contributed by atoms with van der Waals surface area (Å²) in [4.78, 5) is 5.34. The van der Waals surface area contributed by atoms with E-state index in [0.29, 0.717) is 22.8 Å². The molecule has 1 aromatic carbocycles. The maximum absolute atomic E-state index is 13.2. The topological polar surface area (TPSA) is 42.4 Å². The lowest BCUT2D eigenvalue weighted by atomic mass is 9.74. The van der Waals surface area contributed by atoms with Gasteiger partial charge in [0.05, 0.1) is 17.4 Å². The summed E-state index contributed by atoms with van der Waals surface area (Å²) in [5.74, 6) is 0.638. The van der Waals surface area contributed by atoms with Crippen molar-refractivity contribution in [3.05, 3.63) is 63.5 Å². The van der Waals surface area contributed by atoms with E-state index >= 15 is 0 Å². The average molecular weight is 500 g/mol. The number of methoxy groups -OCH3 is 1. The third-order valence-electron chi connectivity index (χ3n) is 9.48. The number of fused-ring (bicyclic) bond motifs is 1. The fraction of sp³-hybridized carbons (Fsp3) is 0.633. The van der Waals surface area contributed by atoms with E-state index in [1.165, 1.54) is 36.1 Å². The first-order valence-corrected chi connectivity index (χ1v) is 13.7. The lowest BCUT2D eigenvalue weighted by Crippen LogP contribution is -2.28. The Hall–Kier alpha value is -1.92. The summed E-state index contributed by atoms with van der Waals surface area (Å²) >= 11 is 0. The molecule has 0 amide bonds. The minimum absolute atomic E-state index is 0.0319. The van der Waals surface area contributed by atoms with Gasteiger partial charge in [0.1, 0.15) is 6.10 Å². The molecular formula is C30H36F3NO2. The number of aliphatic hydroxyl groups excluding tert-OH is 1. The smallest absolute Gasteiger partial charge is 0.384 e. The van der Waals surface area contributed by atoms with Gasteiger partial charge < -0.3 is 9.84 Å². The SMILES string of the molecule is CO[C@H]1CC2(CC2)Cc2nc(C3CCCC3)c([C@@H](O)c3ccc(C(F)(F)F)cc3)c(C3CCCC3)c21. The molecule has 1 heterocycles. The number of rotatable bonds is 5. The summed E-state index contributed by atoms with van der Waals surface area (Å²) in [6, 6.07) is 5.06. The molecule has 0 bridgehead atoms. The van der Waals surface area contributed by atoms with Gasteiger partial charge in [-0.05, 0) is 86.0 Å². The van der Waals surface area contributed by atoms with Crippen LogP contribution in [-0.2, 0) is 17.3 Å². The molecule has 3 saturated carbocycles. The van der Waals surface area contributed by atoms with Gasteiger partial charge in [-0.25, -0.2) is 0 Å². The molecule has 36 heavy (non-hydrogen) atoms. The van der Waals surface area contributed by atoms with Gasteiger partial charge in [-0.2, -0.15) is 13.2 Å². The van der Waals surface area contributed by atoms with Crippen molar-refractivity contribution in [2.45, 2.75) is 107 Å². The van der Waals surface area contributed by atoms with Gasteiger partial charge in [0.15, 0.2) is 0 Å². The van der Waals surface area contributed by atoms with E-state index in [-0.39, 0.29) is 6.10 Å². The Bertz CT molecular complexity index is 1110. The first kappa shape index (κ1) is 24.4. The van der Waals surface area contributed by atoms with E-state index in [2.05, 4.69) is 0 Å². The zero-order chi connectivity index (χ0) is 25.1. The minimum Gasteiger partial charge on any atom is -0.384 e. The highest BCUT2D eigenvalue weighted by atomic mass is 19.4. The van der Waals surface area contributed by atoms with Gasteiger partial charge >= 0.3 is 6.18 Å². The van der Waals surface area contributed by atoms with Gasteiger partial charge in [0.25, 0.3) is 0 Å². The normalized spacial score (nSPS) is 24.9. The lowest BCUT2D eigenvalue weighted by molar-refractivity contribution is -0.137. The Morgan fingerprint density at radius 1 is 0.944 bits per heavy atom. The first-order valence-electron chi connectivity index (χ1n) is 13.7. The summed E-state index contributed by atoms with van der Waals surface area (Å²) in [5.41, 5.74) is 5.58. The molecule has 0 unspecified atom stereocenters. The summed E-state index contributed by atoms with van der Waals surface area (Å²) in [6.07, 6.45) is 7.91. The third-order valence-corrected chi connectivity index (χ3v) is 9.48. The van der Waals surface area contributed by atoms with Crippen molar-refractivity contribution in [3.63, 3.8) is 0 Å². The molecule has 1 aromatic heterocycles. The molecule has 3 fully saturated rings. The lowest BCUT2D eigenvalue weighted by Gasteiger charge is -2.37. The number of aliphatic hydroxyl groups is 1. The van der Waals surface area contributed by atoms with Crippen molar-refractivity contribution in [1.82, 2.24) is 4.98 Å². The van der Waals surface area contributed by atoms with Gasteiger partial charge in [-0.1, -0.05) is 37.8 Å². The fourth-order valence-corrected chi connectivity index (χ4v) is 7.35. The van der Waals surface area contributed by atoms with Crippen LogP contribution in [0.15, 0.2) is 24.3 Å². The highest BCUT2D eigenvalue weighted by Gasteiger charge is 2.50. The van der Waals surface area contributed by atoms with Gasteiger partial charge in [0.2, 0.25) is 0 Å². The van der Waals surface area contributed by atoms with Crippen LogP contribution in [0.3, 0.4) is 0 Å². The molecule has 2 atom stereocenters. The van der Waals surface area contributed by atoms with Crippen molar-refractivity contribution in [2.75, 3.05) is 7.11 Å². The second-order valence-electron chi connectivity index (χ2n) is 11.8. The molecule has 1 N–H and O–H groups in total. The quantitative estimate of drug-likeness (QED) is 0.454. The highest BCUT2D eigenvalue weighted by molar-refractivity contribution is 5.51. The highest BCUT2D eigenvalue weighted by Crippen LogP contribution is 2.60. The second kappa shape index (κ2) is 9.13. The van der Waals surface area contributed by atoms with Gasteiger partial charge in [-0.15, -0.1) is 0 Å². The predicted molar refractivity (Wildman–Crippen MR) is 132 cm³/mol. The number of halogens is 3. The van der Waals surface area contributed by atoms with Crippen LogP contribution in [0.1, 0.15) is 134 Å². The summed E-state index contributed by atoms with van der Waals surface area (Å²) in [6.45, 7) is 0. The predicted octanol–water partition coefficient (Wildman–Crippen LogP) is 7.91. The van der Waals surface area contributed by atoms with E-state index < -0.39 is 17.8 Å². The summed E-state index contributed by atoms with van der Waals surface area (Å²) < 4.78 is 45.8. The fourth-order valence-electron chi connectivity index (χ4n) is 7.35. The van der Waals surface area contributed by atoms with Crippen molar-refractivity contribution >= 4 is 0 Å². The number of hydrogen-bond donors (Lipinski definition) is 1. The van der Waals surface area contributed by atoms with Crippen molar-refractivity contribution < 1.29 is 23.0 Å². The molecule has 2 aromatic rings. The van der Waals surface area contributed by atoms with Crippen LogP contribution in [0.2, 0.25) is 0 Å². The van der Waals surface area contributed by atoms with Crippen molar-refractivity contribution in [1.29, 1.82) is 0 Å². The standard InChI is InChI=1S/C30H36F3NO2/c1-36-23-17-29(14-15-29)16-22-25(23)24(18-6-2-3-7-18)26(27(34-22)19-8-4-5-9-19)28(35)20-10-12-21(13-11-20)30(31,32)33/h10-13,18-19,23,28,35H,2-9,14-17H2,1H3/t23-,28-/m0/s1. The Morgan fingerprint density at radius 2 is 1.56 bits per heavy atom. The number of ether oxygens (including phenoxy) is 1. The Labute approximate surface area is 211 Å². The zero-order valence-corrected chi connectivity index (χ0v) is 21.0. The third kappa shape index (κ3) is 4.28. The van der Waals surface area contributed by atoms with Crippen molar-refractivity contribution in [2.24, 2.45) is 5.41 Å².